The highest BCUT2D eigenvalue weighted by Gasteiger charge is 2.08. The van der Waals surface area contributed by atoms with Crippen molar-refractivity contribution in [3.8, 4) is 0 Å². The van der Waals surface area contributed by atoms with Gasteiger partial charge in [-0.3, -0.25) is 4.68 Å². The lowest BCUT2D eigenvalue weighted by molar-refractivity contribution is 0.701. The molecule has 0 aliphatic carbocycles. The third-order valence-electron chi connectivity index (χ3n) is 3.13. The molecule has 104 valence electrons. The first-order valence-electron chi connectivity index (χ1n) is 6.58. The molecule has 0 atom stereocenters. The number of hydrogen-bond donors (Lipinski definition) is 1. The second-order valence-electron chi connectivity index (χ2n) is 4.46. The van der Waals surface area contributed by atoms with Crippen molar-refractivity contribution in [3.63, 3.8) is 0 Å². The molecule has 0 spiro atoms. The van der Waals surface area contributed by atoms with Crippen LogP contribution in [0.2, 0.25) is 0 Å². The second kappa shape index (κ2) is 5.54. The molecule has 0 radical (unpaired) electrons. The molecule has 3 aromatic rings. The zero-order valence-electron chi connectivity index (χ0n) is 11.5. The average Bonchev–Trinajstić information content (AvgIpc) is 3.07. The van der Waals surface area contributed by atoms with Gasteiger partial charge in [-0.2, -0.15) is 5.10 Å². The molecule has 20 heavy (non-hydrogen) atoms. The number of hydrogen-bond acceptors (Lipinski definition) is 6. The number of aromatic nitrogens is 5. The van der Waals surface area contributed by atoms with Gasteiger partial charge in [0.05, 0.1) is 5.39 Å². The fourth-order valence-electron chi connectivity index (χ4n) is 2.03. The van der Waals surface area contributed by atoms with E-state index in [1.807, 2.05) is 12.4 Å². The van der Waals surface area contributed by atoms with Gasteiger partial charge in [-0.1, -0.05) is 6.92 Å². The van der Waals surface area contributed by atoms with E-state index in [2.05, 4.69) is 38.4 Å². The molecule has 6 nitrogen and oxygen atoms in total. The summed E-state index contributed by atoms with van der Waals surface area (Å²) in [5.74, 6) is 2.75. The Hall–Kier alpha value is -2.02. The van der Waals surface area contributed by atoms with E-state index in [1.165, 1.54) is 0 Å². The largest absolute Gasteiger partial charge is 0.369 e. The summed E-state index contributed by atoms with van der Waals surface area (Å²) < 4.78 is 1.79. The Morgan fingerprint density at radius 1 is 1.35 bits per heavy atom. The van der Waals surface area contributed by atoms with Gasteiger partial charge < -0.3 is 5.32 Å². The van der Waals surface area contributed by atoms with Crippen LogP contribution in [0.5, 0.6) is 0 Å². The minimum absolute atomic E-state index is 0.775. The van der Waals surface area contributed by atoms with Gasteiger partial charge in [-0.25, -0.2) is 15.0 Å². The second-order valence-corrected chi connectivity index (χ2v) is 5.35. The Labute approximate surface area is 120 Å². The van der Waals surface area contributed by atoms with E-state index in [1.54, 1.807) is 22.3 Å². The molecule has 1 N–H and O–H groups in total. The van der Waals surface area contributed by atoms with Gasteiger partial charge in [0, 0.05) is 26.4 Å². The van der Waals surface area contributed by atoms with E-state index in [0.29, 0.717) is 0 Å². The highest BCUT2D eigenvalue weighted by atomic mass is 32.1. The van der Waals surface area contributed by atoms with Crippen molar-refractivity contribution in [3.05, 3.63) is 29.4 Å². The fourth-order valence-corrected chi connectivity index (χ4v) is 2.81. The number of fused-ring (bicyclic) bond motifs is 1. The Balaban J connectivity index is 1.76. The Kier molecular flexibility index (Phi) is 3.60. The highest BCUT2D eigenvalue weighted by Crippen LogP contribution is 2.25. The normalized spacial score (nSPS) is 11.1. The van der Waals surface area contributed by atoms with Crippen molar-refractivity contribution < 1.29 is 0 Å². The molecule has 0 bridgehead atoms. The molecule has 0 aliphatic heterocycles. The van der Waals surface area contributed by atoms with Crippen LogP contribution < -0.4 is 5.32 Å². The van der Waals surface area contributed by atoms with Crippen LogP contribution in [-0.4, -0.2) is 31.3 Å². The van der Waals surface area contributed by atoms with Crippen molar-refractivity contribution >= 4 is 27.4 Å². The molecule has 0 aromatic carbocycles. The first kappa shape index (κ1) is 13.0. The van der Waals surface area contributed by atoms with E-state index in [-0.39, 0.29) is 0 Å². The number of nitrogens with one attached hydrogen (secondary N) is 1. The molecule has 0 unspecified atom stereocenters. The first-order chi connectivity index (χ1) is 9.78. The number of nitrogens with zero attached hydrogens (tertiary/aromatic N) is 5. The predicted molar refractivity (Wildman–Crippen MR) is 80.0 cm³/mol. The number of anilines is 1. The van der Waals surface area contributed by atoms with Gasteiger partial charge in [-0.05, 0) is 11.4 Å². The lowest BCUT2D eigenvalue weighted by atomic mass is 10.3. The summed E-state index contributed by atoms with van der Waals surface area (Å²) in [4.78, 5) is 14.4. The minimum atomic E-state index is 0.775. The summed E-state index contributed by atoms with van der Waals surface area (Å²) in [6, 6.07) is 2.06. The van der Waals surface area contributed by atoms with Crippen LogP contribution >= 0.6 is 11.3 Å². The molecule has 3 rings (SSSR count). The maximum atomic E-state index is 4.57. The summed E-state index contributed by atoms with van der Waals surface area (Å²) in [5.41, 5.74) is 0. The molecule has 3 heterocycles. The van der Waals surface area contributed by atoms with Crippen LogP contribution in [0.25, 0.3) is 10.2 Å². The Morgan fingerprint density at radius 3 is 3.00 bits per heavy atom. The fraction of sp³-hybridized carbons (Fsp3) is 0.385. The summed E-state index contributed by atoms with van der Waals surface area (Å²) in [6.07, 6.45) is 3.23. The zero-order chi connectivity index (χ0) is 13.9. The van der Waals surface area contributed by atoms with E-state index >= 15 is 0 Å². The third-order valence-corrected chi connectivity index (χ3v) is 3.94. The monoisotopic (exact) mass is 288 g/mol. The van der Waals surface area contributed by atoms with Crippen LogP contribution in [0.15, 0.2) is 17.8 Å². The SMILES string of the molecule is CCc1nc(NCCc2ncnn2C)c2ccsc2n1. The van der Waals surface area contributed by atoms with Crippen molar-refractivity contribution in [2.24, 2.45) is 7.05 Å². The molecule has 0 saturated carbocycles. The first-order valence-corrected chi connectivity index (χ1v) is 7.46. The van der Waals surface area contributed by atoms with Crippen LogP contribution in [-0.2, 0) is 19.9 Å². The quantitative estimate of drug-likeness (QED) is 0.778. The van der Waals surface area contributed by atoms with Gasteiger partial charge in [0.1, 0.15) is 28.6 Å². The average molecular weight is 288 g/mol. The van der Waals surface area contributed by atoms with Gasteiger partial charge in [0.25, 0.3) is 0 Å². The molecule has 0 amide bonds. The molecular weight excluding hydrogens is 272 g/mol. The topological polar surface area (TPSA) is 68.5 Å². The number of thiophene rings is 1. The Morgan fingerprint density at radius 2 is 2.25 bits per heavy atom. The van der Waals surface area contributed by atoms with Crippen LogP contribution in [0, 0.1) is 0 Å². The molecular formula is C13H16N6S. The maximum Gasteiger partial charge on any atom is 0.138 e. The molecule has 0 aliphatic rings. The lowest BCUT2D eigenvalue weighted by Crippen LogP contribution is -2.11. The van der Waals surface area contributed by atoms with Gasteiger partial charge in [0.2, 0.25) is 0 Å². The van der Waals surface area contributed by atoms with E-state index in [9.17, 15) is 0 Å². The van der Waals surface area contributed by atoms with E-state index in [0.717, 1.165) is 47.1 Å². The molecule has 3 aromatic heterocycles. The third kappa shape index (κ3) is 2.49. The number of aryl methyl sites for hydroxylation is 2. The van der Waals surface area contributed by atoms with Gasteiger partial charge in [0.15, 0.2) is 0 Å². The highest BCUT2D eigenvalue weighted by molar-refractivity contribution is 7.16. The van der Waals surface area contributed by atoms with Crippen LogP contribution in [0.1, 0.15) is 18.6 Å². The standard InChI is InChI=1S/C13H16N6S/c1-3-10-17-12(9-5-7-20-13(9)18-10)14-6-4-11-15-8-16-19(11)2/h5,7-8H,3-4,6H2,1-2H3,(H,14,17,18). The summed E-state index contributed by atoms with van der Waals surface area (Å²) in [5, 5.41) is 10.6. The number of rotatable bonds is 5. The van der Waals surface area contributed by atoms with Crippen LogP contribution in [0.4, 0.5) is 5.82 Å². The zero-order valence-corrected chi connectivity index (χ0v) is 12.3. The van der Waals surface area contributed by atoms with Crippen molar-refractivity contribution in [1.29, 1.82) is 0 Å². The Bertz CT molecular complexity index is 717. The van der Waals surface area contributed by atoms with Crippen molar-refractivity contribution in [2.45, 2.75) is 19.8 Å². The van der Waals surface area contributed by atoms with Crippen molar-refractivity contribution in [2.75, 3.05) is 11.9 Å². The van der Waals surface area contributed by atoms with Crippen LogP contribution in [0.3, 0.4) is 0 Å². The minimum Gasteiger partial charge on any atom is -0.369 e. The summed E-state index contributed by atoms with van der Waals surface area (Å²) in [7, 11) is 1.90. The smallest absolute Gasteiger partial charge is 0.138 e. The molecule has 7 heteroatoms. The van der Waals surface area contributed by atoms with E-state index < -0.39 is 0 Å². The molecule has 0 fully saturated rings. The van der Waals surface area contributed by atoms with E-state index in [4.69, 9.17) is 0 Å². The molecule has 0 saturated heterocycles. The summed E-state index contributed by atoms with van der Waals surface area (Å²) >= 11 is 1.65. The maximum absolute atomic E-state index is 4.57. The van der Waals surface area contributed by atoms with Gasteiger partial charge in [-0.15, -0.1) is 11.3 Å². The summed E-state index contributed by atoms with van der Waals surface area (Å²) in [6.45, 7) is 2.84. The predicted octanol–water partition coefficient (Wildman–Crippen LogP) is 2.04. The van der Waals surface area contributed by atoms with Gasteiger partial charge >= 0.3 is 0 Å². The van der Waals surface area contributed by atoms with Crippen molar-refractivity contribution in [1.82, 2.24) is 24.7 Å². The lowest BCUT2D eigenvalue weighted by Gasteiger charge is -2.08.